The molecule has 1 aliphatic heterocycles. The lowest BCUT2D eigenvalue weighted by Gasteiger charge is -2.26. The summed E-state index contributed by atoms with van der Waals surface area (Å²) in [5.41, 5.74) is 1.95. The van der Waals surface area contributed by atoms with Crippen molar-refractivity contribution >= 4 is 11.7 Å². The van der Waals surface area contributed by atoms with Crippen LogP contribution in [0.3, 0.4) is 0 Å². The van der Waals surface area contributed by atoms with Crippen LogP contribution < -0.4 is 0 Å². The standard InChI is InChI=1S/C16H22N2O2/c1-16(2,3)20-15(19)18-10-5-7-13(8-11-18)14-6-4-9-17-12-14/h4,6-7,9,12H,5,8,10-11H2,1-3H3. The molecule has 0 aliphatic carbocycles. The molecule has 4 heteroatoms. The number of nitrogens with zero attached hydrogens (tertiary/aromatic N) is 2. The molecule has 0 N–H and O–H groups in total. The molecule has 0 atom stereocenters. The third-order valence-corrected chi connectivity index (χ3v) is 3.12. The molecule has 4 nitrogen and oxygen atoms in total. The van der Waals surface area contributed by atoms with E-state index >= 15 is 0 Å². The number of hydrogen-bond acceptors (Lipinski definition) is 3. The first kappa shape index (κ1) is 14.6. The third-order valence-electron chi connectivity index (χ3n) is 3.12. The lowest BCUT2D eigenvalue weighted by atomic mass is 10.0. The highest BCUT2D eigenvalue weighted by molar-refractivity contribution is 5.70. The quantitative estimate of drug-likeness (QED) is 0.787. The minimum Gasteiger partial charge on any atom is -0.444 e. The Hall–Kier alpha value is -1.84. The first-order chi connectivity index (χ1) is 9.46. The SMILES string of the molecule is CC(C)(C)OC(=O)N1CCC=C(c2cccnc2)CC1. The summed E-state index contributed by atoms with van der Waals surface area (Å²) in [6.45, 7) is 7.07. The number of carbonyl (C=O) groups excluding carboxylic acids is 1. The van der Waals surface area contributed by atoms with Crippen LogP contribution in [0.1, 0.15) is 39.2 Å². The van der Waals surface area contributed by atoms with E-state index in [1.54, 1.807) is 11.1 Å². The van der Waals surface area contributed by atoms with Crippen LogP contribution in [-0.2, 0) is 4.74 Å². The first-order valence-corrected chi connectivity index (χ1v) is 7.03. The molecule has 1 aromatic rings. The molecule has 1 aromatic heterocycles. The molecular weight excluding hydrogens is 252 g/mol. The molecule has 0 aromatic carbocycles. The Kier molecular flexibility index (Phi) is 4.42. The zero-order chi connectivity index (χ0) is 14.6. The molecule has 108 valence electrons. The summed E-state index contributed by atoms with van der Waals surface area (Å²) in [5, 5.41) is 0. The maximum absolute atomic E-state index is 12.1. The van der Waals surface area contributed by atoms with Gasteiger partial charge in [0.05, 0.1) is 0 Å². The highest BCUT2D eigenvalue weighted by atomic mass is 16.6. The summed E-state index contributed by atoms with van der Waals surface area (Å²) in [4.78, 5) is 18.0. The van der Waals surface area contributed by atoms with E-state index in [-0.39, 0.29) is 6.09 Å². The maximum atomic E-state index is 12.1. The van der Waals surface area contributed by atoms with Crippen LogP contribution in [0.2, 0.25) is 0 Å². The van der Waals surface area contributed by atoms with Crippen molar-refractivity contribution in [3.05, 3.63) is 36.2 Å². The van der Waals surface area contributed by atoms with Crippen molar-refractivity contribution in [3.8, 4) is 0 Å². The van der Waals surface area contributed by atoms with E-state index < -0.39 is 5.60 Å². The summed E-state index contributed by atoms with van der Waals surface area (Å²) in [6.07, 6.45) is 7.30. The number of hydrogen-bond donors (Lipinski definition) is 0. The van der Waals surface area contributed by atoms with E-state index in [4.69, 9.17) is 4.74 Å². The van der Waals surface area contributed by atoms with E-state index in [2.05, 4.69) is 17.1 Å². The summed E-state index contributed by atoms with van der Waals surface area (Å²) < 4.78 is 5.43. The minimum absolute atomic E-state index is 0.224. The average molecular weight is 274 g/mol. The topological polar surface area (TPSA) is 42.4 Å². The second-order valence-corrected chi connectivity index (χ2v) is 5.98. The number of amides is 1. The van der Waals surface area contributed by atoms with Crippen LogP contribution >= 0.6 is 0 Å². The molecular formula is C16H22N2O2. The minimum atomic E-state index is -0.441. The van der Waals surface area contributed by atoms with Crippen molar-refractivity contribution in [2.75, 3.05) is 13.1 Å². The predicted octanol–water partition coefficient (Wildman–Crippen LogP) is 3.50. The van der Waals surface area contributed by atoms with Gasteiger partial charge in [-0.3, -0.25) is 4.98 Å². The number of pyridine rings is 1. The average Bonchev–Trinajstić information content (AvgIpc) is 2.63. The summed E-state index contributed by atoms with van der Waals surface area (Å²) >= 11 is 0. The van der Waals surface area contributed by atoms with E-state index in [1.165, 1.54) is 5.57 Å². The van der Waals surface area contributed by atoms with Gasteiger partial charge in [-0.1, -0.05) is 12.1 Å². The van der Waals surface area contributed by atoms with E-state index in [0.717, 1.165) is 18.4 Å². The van der Waals surface area contributed by atoms with Gasteiger partial charge in [0.1, 0.15) is 5.60 Å². The number of aromatic nitrogens is 1. The molecule has 0 fully saturated rings. The fraction of sp³-hybridized carbons (Fsp3) is 0.500. The lowest BCUT2D eigenvalue weighted by molar-refractivity contribution is 0.0260. The summed E-state index contributed by atoms with van der Waals surface area (Å²) in [5.74, 6) is 0. The summed E-state index contributed by atoms with van der Waals surface area (Å²) in [6, 6.07) is 3.99. The lowest BCUT2D eigenvalue weighted by Crippen LogP contribution is -2.37. The largest absolute Gasteiger partial charge is 0.444 e. The highest BCUT2D eigenvalue weighted by Crippen LogP contribution is 2.22. The van der Waals surface area contributed by atoms with Gasteiger partial charge < -0.3 is 9.64 Å². The molecule has 0 bridgehead atoms. The molecule has 0 saturated heterocycles. The van der Waals surface area contributed by atoms with Crippen LogP contribution in [0.4, 0.5) is 4.79 Å². The Labute approximate surface area is 120 Å². The van der Waals surface area contributed by atoms with Crippen molar-refractivity contribution in [3.63, 3.8) is 0 Å². The molecule has 1 aliphatic rings. The van der Waals surface area contributed by atoms with E-state index in [9.17, 15) is 4.79 Å². The van der Waals surface area contributed by atoms with Crippen molar-refractivity contribution in [1.82, 2.24) is 9.88 Å². The zero-order valence-corrected chi connectivity index (χ0v) is 12.4. The Balaban J connectivity index is 1.97. The molecule has 0 spiro atoms. The van der Waals surface area contributed by atoms with Gasteiger partial charge in [-0.25, -0.2) is 4.79 Å². The van der Waals surface area contributed by atoms with E-state index in [1.807, 2.05) is 33.0 Å². The number of rotatable bonds is 1. The molecule has 0 saturated carbocycles. The van der Waals surface area contributed by atoms with Crippen molar-refractivity contribution < 1.29 is 9.53 Å². The highest BCUT2D eigenvalue weighted by Gasteiger charge is 2.23. The van der Waals surface area contributed by atoms with Gasteiger partial charge in [0.25, 0.3) is 0 Å². The molecule has 2 heterocycles. The fourth-order valence-electron chi connectivity index (χ4n) is 2.19. The van der Waals surface area contributed by atoms with Gasteiger partial charge in [0.2, 0.25) is 0 Å². The Morgan fingerprint density at radius 2 is 2.15 bits per heavy atom. The molecule has 0 unspecified atom stereocenters. The normalized spacial score (nSPS) is 16.4. The molecule has 20 heavy (non-hydrogen) atoms. The van der Waals surface area contributed by atoms with Gasteiger partial charge in [0, 0.05) is 25.5 Å². The molecule has 2 rings (SSSR count). The number of carbonyl (C=O) groups is 1. The Morgan fingerprint density at radius 1 is 1.35 bits per heavy atom. The van der Waals surface area contributed by atoms with Gasteiger partial charge >= 0.3 is 6.09 Å². The Morgan fingerprint density at radius 3 is 2.80 bits per heavy atom. The van der Waals surface area contributed by atoms with Gasteiger partial charge in [-0.2, -0.15) is 0 Å². The van der Waals surface area contributed by atoms with Gasteiger partial charge in [-0.15, -0.1) is 0 Å². The second kappa shape index (κ2) is 6.07. The van der Waals surface area contributed by atoms with Crippen LogP contribution in [0.15, 0.2) is 30.6 Å². The van der Waals surface area contributed by atoms with Crippen LogP contribution in [-0.4, -0.2) is 34.7 Å². The van der Waals surface area contributed by atoms with Gasteiger partial charge in [-0.05, 0) is 50.8 Å². The smallest absolute Gasteiger partial charge is 0.410 e. The van der Waals surface area contributed by atoms with Crippen molar-refractivity contribution in [2.45, 2.75) is 39.2 Å². The number of ether oxygens (including phenoxy) is 1. The van der Waals surface area contributed by atoms with E-state index in [0.29, 0.717) is 13.1 Å². The monoisotopic (exact) mass is 274 g/mol. The van der Waals surface area contributed by atoms with Crippen LogP contribution in [0, 0.1) is 0 Å². The second-order valence-electron chi connectivity index (χ2n) is 5.98. The maximum Gasteiger partial charge on any atom is 0.410 e. The molecule has 1 amide bonds. The predicted molar refractivity (Wildman–Crippen MR) is 79.3 cm³/mol. The molecule has 0 radical (unpaired) electrons. The zero-order valence-electron chi connectivity index (χ0n) is 12.4. The Bertz CT molecular complexity index is 489. The third kappa shape index (κ3) is 4.08. The van der Waals surface area contributed by atoms with Crippen LogP contribution in [0.25, 0.3) is 5.57 Å². The van der Waals surface area contributed by atoms with Crippen LogP contribution in [0.5, 0.6) is 0 Å². The van der Waals surface area contributed by atoms with Crippen molar-refractivity contribution in [2.24, 2.45) is 0 Å². The summed E-state index contributed by atoms with van der Waals surface area (Å²) in [7, 11) is 0. The van der Waals surface area contributed by atoms with Gasteiger partial charge in [0.15, 0.2) is 0 Å². The van der Waals surface area contributed by atoms with Crippen molar-refractivity contribution in [1.29, 1.82) is 0 Å². The fourth-order valence-corrected chi connectivity index (χ4v) is 2.19. The first-order valence-electron chi connectivity index (χ1n) is 7.03.